The van der Waals surface area contributed by atoms with Gasteiger partial charge < -0.3 is 15.4 Å². The van der Waals surface area contributed by atoms with Gasteiger partial charge in [-0.3, -0.25) is 9.59 Å². The van der Waals surface area contributed by atoms with Crippen LogP contribution in [-0.4, -0.2) is 22.8 Å². The van der Waals surface area contributed by atoms with Crippen molar-refractivity contribution in [3.63, 3.8) is 0 Å². The molecule has 7 heteroatoms. The van der Waals surface area contributed by atoms with E-state index in [-0.39, 0.29) is 23.4 Å². The highest BCUT2D eigenvalue weighted by Crippen LogP contribution is 2.23. The Morgan fingerprint density at radius 1 is 1.29 bits per heavy atom. The molecule has 1 fully saturated rings. The van der Waals surface area contributed by atoms with Crippen LogP contribution >= 0.6 is 0 Å². The number of anilines is 1. The molecule has 124 valence electrons. The van der Waals surface area contributed by atoms with E-state index >= 15 is 0 Å². The highest BCUT2D eigenvalue weighted by molar-refractivity contribution is 5.97. The van der Waals surface area contributed by atoms with Gasteiger partial charge in [0, 0.05) is 12.5 Å². The summed E-state index contributed by atoms with van der Waals surface area (Å²) >= 11 is 0. The molecule has 2 amide bonds. The maximum Gasteiger partial charge on any atom is 0.246 e. The summed E-state index contributed by atoms with van der Waals surface area (Å²) < 4.78 is 18.9. The first-order chi connectivity index (χ1) is 11.6. The van der Waals surface area contributed by atoms with E-state index < -0.39 is 11.9 Å². The lowest BCUT2D eigenvalue weighted by atomic mass is 10.0. The molecule has 1 saturated heterocycles. The van der Waals surface area contributed by atoms with E-state index in [0.29, 0.717) is 24.9 Å². The molecular formula is C17H16FN3O3. The molecule has 0 radical (unpaired) electrons. The Bertz CT molecular complexity index is 749. The van der Waals surface area contributed by atoms with Crippen molar-refractivity contribution in [3.8, 4) is 11.6 Å². The van der Waals surface area contributed by atoms with E-state index in [1.54, 1.807) is 18.2 Å². The van der Waals surface area contributed by atoms with Crippen LogP contribution in [0.4, 0.5) is 10.1 Å². The second-order valence-corrected chi connectivity index (χ2v) is 5.42. The highest BCUT2D eigenvalue weighted by atomic mass is 19.1. The molecular weight excluding hydrogens is 313 g/mol. The van der Waals surface area contributed by atoms with Gasteiger partial charge in [-0.25, -0.2) is 9.37 Å². The molecule has 1 aromatic heterocycles. The number of hydrogen-bond acceptors (Lipinski definition) is 4. The summed E-state index contributed by atoms with van der Waals surface area (Å²) in [6.45, 7) is 0. The minimum absolute atomic E-state index is 0.0757. The van der Waals surface area contributed by atoms with E-state index in [1.807, 2.05) is 0 Å². The minimum Gasteiger partial charge on any atom is -0.436 e. The van der Waals surface area contributed by atoms with Gasteiger partial charge in [0.25, 0.3) is 0 Å². The van der Waals surface area contributed by atoms with E-state index in [1.165, 1.54) is 24.4 Å². The van der Waals surface area contributed by atoms with Crippen molar-refractivity contribution in [2.75, 3.05) is 5.32 Å². The predicted molar refractivity (Wildman–Crippen MR) is 85.1 cm³/mol. The maximum atomic E-state index is 13.5. The van der Waals surface area contributed by atoms with Crippen LogP contribution in [0, 0.1) is 5.82 Å². The Hall–Kier alpha value is -2.96. The Morgan fingerprint density at radius 3 is 2.83 bits per heavy atom. The third-order valence-electron chi connectivity index (χ3n) is 3.60. The molecule has 1 aliphatic heterocycles. The zero-order valence-electron chi connectivity index (χ0n) is 12.8. The summed E-state index contributed by atoms with van der Waals surface area (Å²) in [4.78, 5) is 27.5. The fourth-order valence-electron chi connectivity index (χ4n) is 2.39. The number of nitrogens with zero attached hydrogens (tertiary/aromatic N) is 1. The minimum atomic E-state index is -0.527. The molecule has 1 atom stereocenters. The number of para-hydroxylation sites is 1. The molecule has 1 aliphatic rings. The third kappa shape index (κ3) is 3.87. The number of aromatic nitrogens is 1. The van der Waals surface area contributed by atoms with Crippen LogP contribution in [0.15, 0.2) is 42.6 Å². The monoisotopic (exact) mass is 329 g/mol. The molecule has 1 aromatic carbocycles. The SMILES string of the molecule is O=C1CCC[C@H](C(=O)Nc2ccc(Oc3ccccc3F)nc2)N1. The first-order valence-electron chi connectivity index (χ1n) is 7.60. The largest absolute Gasteiger partial charge is 0.436 e. The van der Waals surface area contributed by atoms with Crippen LogP contribution in [0.5, 0.6) is 11.6 Å². The van der Waals surface area contributed by atoms with Gasteiger partial charge in [-0.05, 0) is 31.0 Å². The molecule has 24 heavy (non-hydrogen) atoms. The van der Waals surface area contributed by atoms with Gasteiger partial charge in [-0.2, -0.15) is 0 Å². The number of ether oxygens (including phenoxy) is 1. The molecule has 3 rings (SSSR count). The van der Waals surface area contributed by atoms with E-state index in [2.05, 4.69) is 15.6 Å². The van der Waals surface area contributed by atoms with Gasteiger partial charge in [-0.15, -0.1) is 0 Å². The first-order valence-corrected chi connectivity index (χ1v) is 7.60. The Balaban J connectivity index is 1.61. The summed E-state index contributed by atoms with van der Waals surface area (Å²) in [5, 5.41) is 5.34. The summed E-state index contributed by atoms with van der Waals surface area (Å²) in [5.74, 6) is -0.596. The Labute approximate surface area is 138 Å². The van der Waals surface area contributed by atoms with Gasteiger partial charge >= 0.3 is 0 Å². The number of hydrogen-bond donors (Lipinski definition) is 2. The number of rotatable bonds is 4. The molecule has 0 bridgehead atoms. The van der Waals surface area contributed by atoms with Crippen LogP contribution in [-0.2, 0) is 9.59 Å². The average Bonchev–Trinajstić information content (AvgIpc) is 2.58. The second kappa shape index (κ2) is 7.08. The number of carbonyl (C=O) groups excluding carboxylic acids is 2. The van der Waals surface area contributed by atoms with Crippen molar-refractivity contribution in [1.29, 1.82) is 0 Å². The Morgan fingerprint density at radius 2 is 2.12 bits per heavy atom. The van der Waals surface area contributed by atoms with Crippen molar-refractivity contribution >= 4 is 17.5 Å². The summed E-state index contributed by atoms with van der Waals surface area (Å²) in [6.07, 6.45) is 3.17. The smallest absolute Gasteiger partial charge is 0.246 e. The van der Waals surface area contributed by atoms with Gasteiger partial charge in [0.15, 0.2) is 11.6 Å². The first kappa shape index (κ1) is 15.9. The molecule has 0 aliphatic carbocycles. The van der Waals surface area contributed by atoms with Crippen molar-refractivity contribution in [2.45, 2.75) is 25.3 Å². The molecule has 6 nitrogen and oxygen atoms in total. The number of nitrogens with one attached hydrogen (secondary N) is 2. The van der Waals surface area contributed by atoms with Crippen LogP contribution in [0.1, 0.15) is 19.3 Å². The van der Waals surface area contributed by atoms with Crippen molar-refractivity contribution in [2.24, 2.45) is 0 Å². The number of amides is 2. The van der Waals surface area contributed by atoms with Crippen LogP contribution < -0.4 is 15.4 Å². The van der Waals surface area contributed by atoms with Gasteiger partial charge in [-0.1, -0.05) is 12.1 Å². The lowest BCUT2D eigenvalue weighted by molar-refractivity contribution is -0.128. The van der Waals surface area contributed by atoms with Crippen LogP contribution in [0.3, 0.4) is 0 Å². The zero-order chi connectivity index (χ0) is 16.9. The fourth-order valence-corrected chi connectivity index (χ4v) is 2.39. The van der Waals surface area contributed by atoms with E-state index in [4.69, 9.17) is 4.74 Å². The number of carbonyl (C=O) groups is 2. The molecule has 0 saturated carbocycles. The van der Waals surface area contributed by atoms with E-state index in [9.17, 15) is 14.0 Å². The van der Waals surface area contributed by atoms with Gasteiger partial charge in [0.05, 0.1) is 11.9 Å². The lowest BCUT2D eigenvalue weighted by Gasteiger charge is -2.22. The normalized spacial score (nSPS) is 17.0. The van der Waals surface area contributed by atoms with Crippen LogP contribution in [0.2, 0.25) is 0 Å². The summed E-state index contributed by atoms with van der Waals surface area (Å²) in [6, 6.07) is 8.62. The van der Waals surface area contributed by atoms with E-state index in [0.717, 1.165) is 0 Å². The number of benzene rings is 1. The topological polar surface area (TPSA) is 80.3 Å². The predicted octanol–water partition coefficient (Wildman–Crippen LogP) is 2.62. The number of piperidine rings is 1. The standard InChI is InChI=1S/C17H16FN3O3/c18-12-4-1-2-6-14(12)24-16-9-8-11(10-19-16)20-17(23)13-5-3-7-15(22)21-13/h1-2,4,6,8-10,13H,3,5,7H2,(H,20,23)(H,21,22)/t13-/m1/s1. The van der Waals surface area contributed by atoms with Crippen LogP contribution in [0.25, 0.3) is 0 Å². The Kier molecular flexibility index (Phi) is 4.69. The summed E-state index contributed by atoms with van der Waals surface area (Å²) in [7, 11) is 0. The maximum absolute atomic E-state index is 13.5. The molecule has 2 aromatic rings. The molecule has 2 N–H and O–H groups in total. The molecule has 0 spiro atoms. The summed E-state index contributed by atoms with van der Waals surface area (Å²) in [5.41, 5.74) is 0.473. The highest BCUT2D eigenvalue weighted by Gasteiger charge is 2.24. The quantitative estimate of drug-likeness (QED) is 0.903. The average molecular weight is 329 g/mol. The zero-order valence-corrected chi connectivity index (χ0v) is 12.8. The third-order valence-corrected chi connectivity index (χ3v) is 3.60. The molecule has 0 unspecified atom stereocenters. The van der Waals surface area contributed by atoms with Gasteiger partial charge in [0.1, 0.15) is 6.04 Å². The second-order valence-electron chi connectivity index (χ2n) is 5.42. The molecule has 2 heterocycles. The van der Waals surface area contributed by atoms with Gasteiger partial charge in [0.2, 0.25) is 17.7 Å². The van der Waals surface area contributed by atoms with Crippen molar-refractivity contribution < 1.29 is 18.7 Å². The lowest BCUT2D eigenvalue weighted by Crippen LogP contribution is -2.46. The van der Waals surface area contributed by atoms with Crippen molar-refractivity contribution in [1.82, 2.24) is 10.3 Å². The number of pyridine rings is 1. The van der Waals surface area contributed by atoms with Crippen molar-refractivity contribution in [3.05, 3.63) is 48.4 Å². The fraction of sp³-hybridized carbons (Fsp3) is 0.235. The number of halogens is 1.